The Morgan fingerprint density at radius 1 is 1.05 bits per heavy atom. The van der Waals surface area contributed by atoms with Crippen molar-refractivity contribution in [2.75, 3.05) is 0 Å². The monoisotopic (exact) mass is 279 g/mol. The first-order valence-electron chi connectivity index (χ1n) is 6.49. The van der Waals surface area contributed by atoms with Gasteiger partial charge in [0.05, 0.1) is 11.9 Å². The molecule has 0 atom stereocenters. The van der Waals surface area contributed by atoms with E-state index in [1.807, 2.05) is 49.4 Å². The molecular weight excluding hydrogens is 266 g/mol. The summed E-state index contributed by atoms with van der Waals surface area (Å²) in [6.07, 6.45) is 1.39. The summed E-state index contributed by atoms with van der Waals surface area (Å²) in [6, 6.07) is 16.6. The molecule has 5 heteroatoms. The van der Waals surface area contributed by atoms with Crippen LogP contribution in [-0.2, 0) is 0 Å². The Balaban J connectivity index is 1.77. The van der Waals surface area contributed by atoms with E-state index in [4.69, 9.17) is 4.74 Å². The zero-order valence-corrected chi connectivity index (χ0v) is 11.4. The number of hydrogen-bond donors (Lipinski definition) is 0. The summed E-state index contributed by atoms with van der Waals surface area (Å²) in [5.74, 6) is -0.0408. The number of benzene rings is 2. The molecule has 0 aliphatic carbocycles. The number of carbonyl (C=O) groups is 1. The molecule has 0 spiro atoms. The highest BCUT2D eigenvalue weighted by atomic mass is 16.5. The molecule has 2 aromatic carbocycles. The van der Waals surface area contributed by atoms with E-state index in [9.17, 15) is 4.79 Å². The molecule has 1 heterocycles. The molecule has 0 fully saturated rings. The third kappa shape index (κ3) is 2.97. The number of para-hydroxylation sites is 1. The third-order valence-electron chi connectivity index (χ3n) is 2.92. The van der Waals surface area contributed by atoms with Gasteiger partial charge < -0.3 is 4.74 Å². The van der Waals surface area contributed by atoms with Gasteiger partial charge in [-0.1, -0.05) is 35.9 Å². The highest BCUT2D eigenvalue weighted by molar-refractivity contribution is 5.88. The van der Waals surface area contributed by atoms with Gasteiger partial charge in [0.2, 0.25) is 0 Å². The number of aryl methyl sites for hydroxylation is 1. The molecule has 0 saturated carbocycles. The summed E-state index contributed by atoms with van der Waals surface area (Å²) in [5, 5.41) is 8.19. The van der Waals surface area contributed by atoms with Crippen molar-refractivity contribution in [2.45, 2.75) is 6.92 Å². The van der Waals surface area contributed by atoms with Crippen LogP contribution in [0.15, 0.2) is 60.8 Å². The maximum atomic E-state index is 12.0. The summed E-state index contributed by atoms with van der Waals surface area (Å²) in [6.45, 7) is 1.97. The fourth-order valence-electron chi connectivity index (χ4n) is 1.81. The number of ether oxygens (including phenoxy) is 1. The van der Waals surface area contributed by atoms with E-state index < -0.39 is 5.97 Å². The minimum absolute atomic E-state index is 0.166. The highest BCUT2D eigenvalue weighted by Gasteiger charge is 2.13. The number of rotatable bonds is 3. The van der Waals surface area contributed by atoms with Gasteiger partial charge in [-0.3, -0.25) is 0 Å². The summed E-state index contributed by atoms with van der Waals surface area (Å²) in [4.78, 5) is 13.4. The molecule has 0 amide bonds. The first-order valence-corrected chi connectivity index (χ1v) is 6.49. The minimum atomic E-state index is -0.527. The summed E-state index contributed by atoms with van der Waals surface area (Å²) < 4.78 is 5.25. The summed E-state index contributed by atoms with van der Waals surface area (Å²) in [5.41, 5.74) is 2.05. The minimum Gasteiger partial charge on any atom is -0.422 e. The van der Waals surface area contributed by atoms with Gasteiger partial charge in [-0.2, -0.15) is 9.90 Å². The third-order valence-corrected chi connectivity index (χ3v) is 2.92. The van der Waals surface area contributed by atoms with Crippen LogP contribution in [0.1, 0.15) is 16.1 Å². The first-order chi connectivity index (χ1) is 10.2. The Labute approximate surface area is 121 Å². The van der Waals surface area contributed by atoms with Crippen LogP contribution in [0.2, 0.25) is 0 Å². The highest BCUT2D eigenvalue weighted by Crippen LogP contribution is 2.13. The molecule has 0 aliphatic heterocycles. The molecule has 3 aromatic rings. The molecule has 0 unspecified atom stereocenters. The predicted molar refractivity (Wildman–Crippen MR) is 77.5 cm³/mol. The van der Waals surface area contributed by atoms with E-state index in [2.05, 4.69) is 10.2 Å². The molecule has 1 aromatic heterocycles. The summed E-state index contributed by atoms with van der Waals surface area (Å²) >= 11 is 0. The average Bonchev–Trinajstić information content (AvgIpc) is 3.00. The summed E-state index contributed by atoms with van der Waals surface area (Å²) in [7, 11) is 0. The Morgan fingerprint density at radius 3 is 2.48 bits per heavy atom. The van der Waals surface area contributed by atoms with E-state index in [0.29, 0.717) is 5.75 Å². The Kier molecular flexibility index (Phi) is 3.47. The van der Waals surface area contributed by atoms with Crippen molar-refractivity contribution < 1.29 is 9.53 Å². The van der Waals surface area contributed by atoms with Gasteiger partial charge in [0.1, 0.15) is 5.75 Å². The van der Waals surface area contributed by atoms with Crippen LogP contribution >= 0.6 is 0 Å². The lowest BCUT2D eigenvalue weighted by Crippen LogP contribution is -2.10. The molecular formula is C16H13N3O2. The largest absolute Gasteiger partial charge is 0.422 e. The normalized spacial score (nSPS) is 10.3. The van der Waals surface area contributed by atoms with E-state index in [-0.39, 0.29) is 5.69 Å². The van der Waals surface area contributed by atoms with Gasteiger partial charge in [-0.25, -0.2) is 4.79 Å². The molecule has 21 heavy (non-hydrogen) atoms. The standard InChI is InChI=1S/C16H13N3O2/c1-12-7-9-14(10-8-12)21-16(20)15-11-17-19(18-15)13-5-3-2-4-6-13/h2-11H,1H3. The lowest BCUT2D eigenvalue weighted by Gasteiger charge is -2.02. The SMILES string of the molecule is Cc1ccc(OC(=O)c2cnn(-c3ccccc3)n2)cc1. The molecule has 0 N–H and O–H groups in total. The van der Waals surface area contributed by atoms with Crippen LogP contribution in [0.5, 0.6) is 5.75 Å². The van der Waals surface area contributed by atoms with Crippen LogP contribution in [0.4, 0.5) is 0 Å². The fraction of sp³-hybridized carbons (Fsp3) is 0.0625. The predicted octanol–water partition coefficient (Wildman–Crippen LogP) is 2.79. The molecule has 5 nitrogen and oxygen atoms in total. The van der Waals surface area contributed by atoms with Crippen molar-refractivity contribution >= 4 is 5.97 Å². The van der Waals surface area contributed by atoms with Crippen molar-refractivity contribution in [2.24, 2.45) is 0 Å². The molecule has 0 bridgehead atoms. The number of aromatic nitrogens is 3. The Bertz CT molecular complexity index is 749. The van der Waals surface area contributed by atoms with E-state index in [0.717, 1.165) is 11.3 Å². The zero-order valence-electron chi connectivity index (χ0n) is 11.4. The second kappa shape index (κ2) is 5.58. The van der Waals surface area contributed by atoms with Gasteiger partial charge >= 0.3 is 5.97 Å². The van der Waals surface area contributed by atoms with E-state index in [1.165, 1.54) is 11.0 Å². The first kappa shape index (κ1) is 13.1. The fourth-order valence-corrected chi connectivity index (χ4v) is 1.81. The van der Waals surface area contributed by atoms with Gasteiger partial charge in [-0.05, 0) is 31.2 Å². The Morgan fingerprint density at radius 2 is 1.76 bits per heavy atom. The van der Waals surface area contributed by atoms with Crippen LogP contribution in [-0.4, -0.2) is 21.0 Å². The van der Waals surface area contributed by atoms with Gasteiger partial charge in [-0.15, -0.1) is 5.10 Å². The van der Waals surface area contributed by atoms with Crippen molar-refractivity contribution in [1.82, 2.24) is 15.0 Å². The number of hydrogen-bond acceptors (Lipinski definition) is 4. The molecule has 0 saturated heterocycles. The Hall–Kier alpha value is -2.95. The lowest BCUT2D eigenvalue weighted by atomic mass is 10.2. The lowest BCUT2D eigenvalue weighted by molar-refractivity contribution is 0.0728. The van der Waals surface area contributed by atoms with Crippen molar-refractivity contribution in [3.8, 4) is 11.4 Å². The van der Waals surface area contributed by atoms with Gasteiger partial charge in [0.15, 0.2) is 5.69 Å². The maximum Gasteiger partial charge on any atom is 0.365 e. The van der Waals surface area contributed by atoms with Crippen molar-refractivity contribution in [1.29, 1.82) is 0 Å². The second-order valence-electron chi connectivity index (χ2n) is 4.56. The molecule has 0 aliphatic rings. The van der Waals surface area contributed by atoms with Gasteiger partial charge in [0.25, 0.3) is 0 Å². The molecule has 0 radical (unpaired) electrons. The van der Waals surface area contributed by atoms with Crippen LogP contribution in [0.3, 0.4) is 0 Å². The number of carbonyl (C=O) groups excluding carboxylic acids is 1. The molecule has 104 valence electrons. The quantitative estimate of drug-likeness (QED) is 0.546. The van der Waals surface area contributed by atoms with Gasteiger partial charge in [0, 0.05) is 0 Å². The van der Waals surface area contributed by atoms with E-state index in [1.54, 1.807) is 12.1 Å². The van der Waals surface area contributed by atoms with Crippen LogP contribution in [0, 0.1) is 6.92 Å². The second-order valence-corrected chi connectivity index (χ2v) is 4.56. The maximum absolute atomic E-state index is 12.0. The smallest absolute Gasteiger partial charge is 0.365 e. The topological polar surface area (TPSA) is 57.0 Å². The van der Waals surface area contributed by atoms with E-state index >= 15 is 0 Å². The van der Waals surface area contributed by atoms with Crippen LogP contribution in [0.25, 0.3) is 5.69 Å². The average molecular weight is 279 g/mol. The number of esters is 1. The van der Waals surface area contributed by atoms with Crippen molar-refractivity contribution in [3.63, 3.8) is 0 Å². The zero-order chi connectivity index (χ0) is 14.7. The van der Waals surface area contributed by atoms with Crippen LogP contribution < -0.4 is 4.74 Å². The number of nitrogens with zero attached hydrogens (tertiary/aromatic N) is 3. The molecule has 3 rings (SSSR count). The van der Waals surface area contributed by atoms with Crippen molar-refractivity contribution in [3.05, 3.63) is 72.1 Å².